The second kappa shape index (κ2) is 7.10. The molecule has 4 nitrogen and oxygen atoms in total. The van der Waals surface area contributed by atoms with Crippen LogP contribution in [0.2, 0.25) is 10.0 Å². The molecule has 2 saturated carbocycles. The number of halogens is 2. The Morgan fingerprint density at radius 2 is 2.04 bits per heavy atom. The van der Waals surface area contributed by atoms with Gasteiger partial charge in [-0.1, -0.05) is 35.7 Å². The van der Waals surface area contributed by atoms with Crippen LogP contribution in [0.5, 0.6) is 0 Å². The summed E-state index contributed by atoms with van der Waals surface area (Å²) in [6.45, 7) is -0.303. The molecule has 0 aromatic heterocycles. The zero-order valence-corrected chi connectivity index (χ0v) is 14.2. The summed E-state index contributed by atoms with van der Waals surface area (Å²) in [7, 11) is 0. The van der Waals surface area contributed by atoms with E-state index < -0.39 is 5.91 Å². The molecular weight excluding hydrogens is 337 g/mol. The standard InChI is InChI=1S/C17H19Cl2NO3/c18-13-2-1-3-14(17(13)19)20-15(21)9-23-16(22)8-12-7-10-4-5-11(12)6-10/h1-3,10-12H,4-9H2,(H,20,21)/t10-,11+,12+/m0/s1. The summed E-state index contributed by atoms with van der Waals surface area (Å²) in [6.07, 6.45) is 5.34. The second-order valence-electron chi connectivity index (χ2n) is 6.45. The number of esters is 1. The Hall–Kier alpha value is -1.26. The smallest absolute Gasteiger partial charge is 0.306 e. The Balaban J connectivity index is 1.43. The van der Waals surface area contributed by atoms with Gasteiger partial charge in [0.1, 0.15) is 0 Å². The van der Waals surface area contributed by atoms with Gasteiger partial charge in [-0.3, -0.25) is 9.59 Å². The largest absolute Gasteiger partial charge is 0.456 e. The van der Waals surface area contributed by atoms with Gasteiger partial charge in [0.15, 0.2) is 6.61 Å². The van der Waals surface area contributed by atoms with Crippen LogP contribution in [0.25, 0.3) is 0 Å². The molecule has 124 valence electrons. The number of anilines is 1. The van der Waals surface area contributed by atoms with E-state index in [0.29, 0.717) is 29.0 Å². The van der Waals surface area contributed by atoms with Gasteiger partial charge in [0.2, 0.25) is 0 Å². The highest BCUT2D eigenvalue weighted by molar-refractivity contribution is 6.43. The average molecular weight is 356 g/mol. The molecule has 0 radical (unpaired) electrons. The van der Waals surface area contributed by atoms with E-state index in [1.807, 2.05) is 0 Å². The molecule has 2 bridgehead atoms. The first-order valence-corrected chi connectivity index (χ1v) is 8.68. The van der Waals surface area contributed by atoms with E-state index in [0.717, 1.165) is 12.3 Å². The lowest BCUT2D eigenvalue weighted by Gasteiger charge is -2.20. The molecule has 1 N–H and O–H groups in total. The summed E-state index contributed by atoms with van der Waals surface area (Å²) in [6, 6.07) is 4.96. The molecule has 6 heteroatoms. The van der Waals surface area contributed by atoms with E-state index in [4.69, 9.17) is 27.9 Å². The highest BCUT2D eigenvalue weighted by atomic mass is 35.5. The molecule has 1 amide bonds. The van der Waals surface area contributed by atoms with E-state index in [-0.39, 0.29) is 17.6 Å². The number of carbonyl (C=O) groups is 2. The van der Waals surface area contributed by atoms with Crippen LogP contribution in [0.15, 0.2) is 18.2 Å². The van der Waals surface area contributed by atoms with Crippen LogP contribution in [0.4, 0.5) is 5.69 Å². The van der Waals surface area contributed by atoms with Crippen LogP contribution in [-0.2, 0) is 14.3 Å². The molecule has 3 atom stereocenters. The number of fused-ring (bicyclic) bond motifs is 2. The van der Waals surface area contributed by atoms with E-state index in [1.54, 1.807) is 18.2 Å². The highest BCUT2D eigenvalue weighted by Crippen LogP contribution is 2.49. The van der Waals surface area contributed by atoms with Crippen LogP contribution < -0.4 is 5.32 Å². The third-order valence-corrected chi connectivity index (χ3v) is 5.72. The molecule has 2 aliphatic carbocycles. The van der Waals surface area contributed by atoms with Crippen molar-refractivity contribution < 1.29 is 14.3 Å². The van der Waals surface area contributed by atoms with Gasteiger partial charge >= 0.3 is 5.97 Å². The molecule has 0 unspecified atom stereocenters. The number of benzene rings is 1. The summed E-state index contributed by atoms with van der Waals surface area (Å²) >= 11 is 11.9. The van der Waals surface area contributed by atoms with Gasteiger partial charge < -0.3 is 10.1 Å². The van der Waals surface area contributed by atoms with Gasteiger partial charge in [-0.15, -0.1) is 0 Å². The predicted molar refractivity (Wildman–Crippen MR) is 89.6 cm³/mol. The molecular formula is C17H19Cl2NO3. The van der Waals surface area contributed by atoms with Gasteiger partial charge in [0.25, 0.3) is 5.91 Å². The maximum Gasteiger partial charge on any atom is 0.306 e. The molecule has 0 aliphatic heterocycles. The van der Waals surface area contributed by atoms with E-state index in [9.17, 15) is 9.59 Å². The van der Waals surface area contributed by atoms with Crippen molar-refractivity contribution in [3.8, 4) is 0 Å². The van der Waals surface area contributed by atoms with Crippen molar-refractivity contribution in [2.45, 2.75) is 32.1 Å². The first-order chi connectivity index (χ1) is 11.0. The first-order valence-electron chi connectivity index (χ1n) is 7.92. The van der Waals surface area contributed by atoms with Crippen molar-refractivity contribution in [1.82, 2.24) is 0 Å². The lowest BCUT2D eigenvalue weighted by molar-refractivity contribution is -0.148. The minimum Gasteiger partial charge on any atom is -0.456 e. The number of ether oxygens (including phenoxy) is 1. The second-order valence-corrected chi connectivity index (χ2v) is 7.23. The van der Waals surface area contributed by atoms with Crippen molar-refractivity contribution in [1.29, 1.82) is 0 Å². The third-order valence-electron chi connectivity index (χ3n) is 4.90. The Kier molecular flexibility index (Phi) is 5.12. The van der Waals surface area contributed by atoms with E-state index >= 15 is 0 Å². The zero-order chi connectivity index (χ0) is 16.4. The molecule has 0 spiro atoms. The molecule has 2 aliphatic rings. The topological polar surface area (TPSA) is 55.4 Å². The summed E-state index contributed by atoms with van der Waals surface area (Å²) in [5.74, 6) is 1.19. The normalized spacial score (nSPS) is 25.4. The molecule has 3 rings (SSSR count). The van der Waals surface area contributed by atoms with Gasteiger partial charge in [0, 0.05) is 6.42 Å². The Labute approximate surface area is 145 Å². The maximum absolute atomic E-state index is 11.9. The van der Waals surface area contributed by atoms with Gasteiger partial charge in [0.05, 0.1) is 15.7 Å². The van der Waals surface area contributed by atoms with Crippen molar-refractivity contribution >= 4 is 40.8 Å². The fourth-order valence-corrected chi connectivity index (χ4v) is 4.18. The van der Waals surface area contributed by atoms with E-state index in [1.165, 1.54) is 19.3 Å². The summed E-state index contributed by atoms with van der Waals surface area (Å²) in [5, 5.41) is 3.23. The number of rotatable bonds is 5. The summed E-state index contributed by atoms with van der Waals surface area (Å²) < 4.78 is 5.09. The minimum absolute atomic E-state index is 0.274. The van der Waals surface area contributed by atoms with E-state index in [2.05, 4.69) is 5.32 Å². The number of carbonyl (C=O) groups excluding carboxylic acids is 2. The zero-order valence-electron chi connectivity index (χ0n) is 12.7. The van der Waals surface area contributed by atoms with Crippen molar-refractivity contribution in [3.63, 3.8) is 0 Å². The van der Waals surface area contributed by atoms with Crippen LogP contribution in [0.3, 0.4) is 0 Å². The Morgan fingerprint density at radius 3 is 2.74 bits per heavy atom. The Morgan fingerprint density at radius 1 is 1.22 bits per heavy atom. The lowest BCUT2D eigenvalue weighted by atomic mass is 9.86. The van der Waals surface area contributed by atoms with Crippen LogP contribution >= 0.6 is 23.2 Å². The molecule has 23 heavy (non-hydrogen) atoms. The lowest BCUT2D eigenvalue weighted by Crippen LogP contribution is -2.23. The number of amides is 1. The van der Waals surface area contributed by atoms with Gasteiger partial charge in [-0.25, -0.2) is 0 Å². The maximum atomic E-state index is 11.9. The summed E-state index contributed by atoms with van der Waals surface area (Å²) in [5.41, 5.74) is 0.410. The molecule has 1 aromatic carbocycles. The van der Waals surface area contributed by atoms with Crippen molar-refractivity contribution in [2.75, 3.05) is 11.9 Å². The fraction of sp³-hybridized carbons (Fsp3) is 0.529. The summed E-state index contributed by atoms with van der Waals surface area (Å²) in [4.78, 5) is 23.8. The van der Waals surface area contributed by atoms with Crippen LogP contribution in [0.1, 0.15) is 32.1 Å². The number of hydrogen-bond acceptors (Lipinski definition) is 3. The third kappa shape index (κ3) is 3.99. The molecule has 0 heterocycles. The highest BCUT2D eigenvalue weighted by Gasteiger charge is 2.40. The number of hydrogen-bond donors (Lipinski definition) is 1. The first kappa shape index (κ1) is 16.6. The van der Waals surface area contributed by atoms with Crippen molar-refractivity contribution in [3.05, 3.63) is 28.2 Å². The quantitative estimate of drug-likeness (QED) is 0.801. The van der Waals surface area contributed by atoms with Gasteiger partial charge in [-0.05, 0) is 49.1 Å². The van der Waals surface area contributed by atoms with Crippen LogP contribution in [0, 0.1) is 17.8 Å². The number of nitrogens with one attached hydrogen (secondary N) is 1. The fourth-order valence-electron chi connectivity index (χ4n) is 3.83. The Bertz CT molecular complexity index is 620. The van der Waals surface area contributed by atoms with Gasteiger partial charge in [-0.2, -0.15) is 0 Å². The SMILES string of the molecule is O=C(COC(=O)C[C@H]1C[C@H]2CC[C@@H]1C2)Nc1cccc(Cl)c1Cl. The minimum atomic E-state index is -0.421. The monoisotopic (exact) mass is 355 g/mol. The molecule has 2 fully saturated rings. The predicted octanol–water partition coefficient (Wildman–Crippen LogP) is 4.30. The van der Waals surface area contributed by atoms with Crippen LogP contribution in [-0.4, -0.2) is 18.5 Å². The molecule has 0 saturated heterocycles. The molecule has 1 aromatic rings. The average Bonchev–Trinajstić information content (AvgIpc) is 3.12. The van der Waals surface area contributed by atoms with Crippen molar-refractivity contribution in [2.24, 2.45) is 17.8 Å².